The van der Waals surface area contributed by atoms with Crippen molar-refractivity contribution in [2.75, 3.05) is 0 Å². The minimum absolute atomic E-state index is 0.141. The Hall–Kier alpha value is 0.537. The zero-order chi connectivity index (χ0) is 9.23. The molecule has 0 aromatic carbocycles. The Balaban J connectivity index is 2.86. The van der Waals surface area contributed by atoms with Gasteiger partial charge in [0.25, 0.3) is 0 Å². The summed E-state index contributed by atoms with van der Waals surface area (Å²) in [4.78, 5) is 0. The zero-order valence-electron chi connectivity index (χ0n) is 7.36. The Bertz CT molecular complexity index is 105. The van der Waals surface area contributed by atoms with Crippen LogP contribution in [0.2, 0.25) is 6.04 Å². The van der Waals surface area contributed by atoms with Crippen LogP contribution in [0.1, 0.15) is 32.1 Å². The number of halogens is 2. The van der Waals surface area contributed by atoms with E-state index in [9.17, 15) is 0 Å². The van der Waals surface area contributed by atoms with E-state index in [0.717, 1.165) is 6.42 Å². The molecule has 0 fully saturated rings. The summed E-state index contributed by atoms with van der Waals surface area (Å²) in [5.41, 5.74) is 0. The van der Waals surface area contributed by atoms with Gasteiger partial charge >= 0.3 is 0 Å². The SMILES string of the molecule is C=CCCCCCC[Si]C(Cl)Cl. The van der Waals surface area contributed by atoms with Crippen LogP contribution in [0.3, 0.4) is 0 Å². The van der Waals surface area contributed by atoms with Gasteiger partial charge in [0.05, 0.1) is 14.0 Å². The van der Waals surface area contributed by atoms with Gasteiger partial charge in [-0.3, -0.25) is 0 Å². The molecule has 0 amide bonds. The molecule has 0 aliphatic carbocycles. The highest BCUT2D eigenvalue weighted by Gasteiger charge is 1.98. The standard InChI is InChI=1S/C9H16Cl2Si/c1-2-3-4-5-6-7-8-12-9(10)11/h2,9H,1,3-8H2. The Morgan fingerprint density at radius 3 is 2.42 bits per heavy atom. The summed E-state index contributed by atoms with van der Waals surface area (Å²) in [5.74, 6) is 0. The molecule has 0 spiro atoms. The fraction of sp³-hybridized carbons (Fsp3) is 0.778. The zero-order valence-corrected chi connectivity index (χ0v) is 9.87. The highest BCUT2D eigenvalue weighted by Crippen LogP contribution is 2.08. The predicted molar refractivity (Wildman–Crippen MR) is 59.3 cm³/mol. The summed E-state index contributed by atoms with van der Waals surface area (Å²) in [5, 5.41) is 0. The molecule has 0 rings (SSSR count). The predicted octanol–water partition coefficient (Wildman–Crippen LogP) is 4.01. The molecule has 0 aliphatic heterocycles. The third-order valence-corrected chi connectivity index (χ3v) is 3.51. The number of allylic oxidation sites excluding steroid dienone is 1. The van der Waals surface area contributed by atoms with Gasteiger partial charge in [0.1, 0.15) is 0 Å². The van der Waals surface area contributed by atoms with Gasteiger partial charge in [0.2, 0.25) is 0 Å². The van der Waals surface area contributed by atoms with Crippen LogP contribution in [0.5, 0.6) is 0 Å². The van der Waals surface area contributed by atoms with Crippen LogP contribution in [-0.2, 0) is 0 Å². The maximum atomic E-state index is 5.60. The van der Waals surface area contributed by atoms with Crippen LogP contribution in [0.25, 0.3) is 0 Å². The third-order valence-electron chi connectivity index (χ3n) is 1.63. The van der Waals surface area contributed by atoms with E-state index < -0.39 is 0 Å². The molecule has 2 radical (unpaired) electrons. The number of alkyl halides is 2. The van der Waals surface area contributed by atoms with Crippen LogP contribution < -0.4 is 0 Å². The second-order valence-corrected chi connectivity index (χ2v) is 6.06. The number of hydrogen-bond donors (Lipinski definition) is 0. The van der Waals surface area contributed by atoms with Gasteiger partial charge in [-0.05, 0) is 12.8 Å². The summed E-state index contributed by atoms with van der Waals surface area (Å²) in [7, 11) is 0.712. The number of unbranched alkanes of at least 4 members (excludes halogenated alkanes) is 4. The molecule has 0 saturated heterocycles. The number of rotatable bonds is 8. The van der Waals surface area contributed by atoms with Crippen LogP contribution in [0.4, 0.5) is 0 Å². The van der Waals surface area contributed by atoms with Crippen molar-refractivity contribution < 1.29 is 0 Å². The highest BCUT2D eigenvalue weighted by molar-refractivity contribution is 6.68. The lowest BCUT2D eigenvalue weighted by Gasteiger charge is -1.99. The summed E-state index contributed by atoms with van der Waals surface area (Å²) in [6.45, 7) is 3.68. The minimum atomic E-state index is -0.141. The third kappa shape index (κ3) is 10.5. The molecule has 0 saturated carbocycles. The van der Waals surface area contributed by atoms with Crippen LogP contribution in [0, 0.1) is 0 Å². The van der Waals surface area contributed by atoms with Crippen molar-refractivity contribution in [3.8, 4) is 0 Å². The molecule has 0 nitrogen and oxygen atoms in total. The van der Waals surface area contributed by atoms with Crippen molar-refractivity contribution in [2.45, 2.75) is 42.6 Å². The molecular formula is C9H16Cl2Si. The molecule has 0 N–H and O–H groups in total. The van der Waals surface area contributed by atoms with E-state index in [0.29, 0.717) is 9.52 Å². The quantitative estimate of drug-likeness (QED) is 0.252. The van der Waals surface area contributed by atoms with E-state index in [1.165, 1.54) is 31.7 Å². The van der Waals surface area contributed by atoms with Crippen molar-refractivity contribution in [3.63, 3.8) is 0 Å². The lowest BCUT2D eigenvalue weighted by molar-refractivity contribution is 0.673. The first-order valence-electron chi connectivity index (χ1n) is 4.40. The molecule has 12 heavy (non-hydrogen) atoms. The molecule has 0 aliphatic rings. The topological polar surface area (TPSA) is 0 Å². The van der Waals surface area contributed by atoms with Gasteiger partial charge in [-0.25, -0.2) is 0 Å². The lowest BCUT2D eigenvalue weighted by atomic mass is 10.1. The van der Waals surface area contributed by atoms with Gasteiger partial charge in [-0.15, -0.1) is 29.8 Å². The fourth-order valence-corrected chi connectivity index (χ4v) is 2.31. The second kappa shape index (κ2) is 9.62. The molecule has 0 aromatic rings. The number of hydrogen-bond acceptors (Lipinski definition) is 0. The molecule has 0 bridgehead atoms. The minimum Gasteiger partial charge on any atom is -0.110 e. The Kier molecular flexibility index (Phi) is 10.1. The maximum absolute atomic E-state index is 5.60. The van der Waals surface area contributed by atoms with E-state index in [1.807, 2.05) is 6.08 Å². The first kappa shape index (κ1) is 12.5. The van der Waals surface area contributed by atoms with Crippen molar-refractivity contribution in [3.05, 3.63) is 12.7 Å². The Morgan fingerprint density at radius 1 is 1.17 bits per heavy atom. The van der Waals surface area contributed by atoms with Gasteiger partial charge in [-0.1, -0.05) is 31.4 Å². The van der Waals surface area contributed by atoms with Gasteiger partial charge in [-0.2, -0.15) is 0 Å². The van der Waals surface area contributed by atoms with Crippen LogP contribution >= 0.6 is 23.2 Å². The first-order chi connectivity index (χ1) is 5.77. The smallest absolute Gasteiger partial charge is 0.0929 e. The molecular weight excluding hydrogens is 207 g/mol. The van der Waals surface area contributed by atoms with Crippen molar-refractivity contribution in [1.82, 2.24) is 0 Å². The van der Waals surface area contributed by atoms with E-state index in [1.54, 1.807) is 0 Å². The summed E-state index contributed by atoms with van der Waals surface area (Å²) in [6.07, 6.45) is 8.29. The normalized spacial score (nSPS) is 10.6. The van der Waals surface area contributed by atoms with E-state index in [-0.39, 0.29) is 4.46 Å². The molecule has 0 aromatic heterocycles. The van der Waals surface area contributed by atoms with Gasteiger partial charge < -0.3 is 0 Å². The summed E-state index contributed by atoms with van der Waals surface area (Å²) < 4.78 is -0.141. The largest absolute Gasteiger partial charge is 0.110 e. The maximum Gasteiger partial charge on any atom is 0.0929 e. The first-order valence-corrected chi connectivity index (χ1v) is 6.55. The second-order valence-electron chi connectivity index (χ2n) is 2.75. The molecule has 3 heteroatoms. The fourth-order valence-electron chi connectivity index (χ4n) is 0.978. The highest BCUT2D eigenvalue weighted by atomic mass is 35.5. The van der Waals surface area contributed by atoms with Gasteiger partial charge in [0.15, 0.2) is 0 Å². The molecule has 0 unspecified atom stereocenters. The van der Waals surface area contributed by atoms with Crippen molar-refractivity contribution in [1.29, 1.82) is 0 Å². The summed E-state index contributed by atoms with van der Waals surface area (Å²) >= 11 is 11.2. The summed E-state index contributed by atoms with van der Waals surface area (Å²) in [6, 6.07) is 1.19. The Morgan fingerprint density at radius 2 is 1.83 bits per heavy atom. The van der Waals surface area contributed by atoms with Crippen LogP contribution in [0.15, 0.2) is 12.7 Å². The van der Waals surface area contributed by atoms with E-state index >= 15 is 0 Å². The van der Waals surface area contributed by atoms with Crippen molar-refractivity contribution in [2.24, 2.45) is 0 Å². The van der Waals surface area contributed by atoms with E-state index in [4.69, 9.17) is 23.2 Å². The van der Waals surface area contributed by atoms with E-state index in [2.05, 4.69) is 6.58 Å². The molecule has 0 heterocycles. The average molecular weight is 223 g/mol. The molecule has 70 valence electrons. The Labute approximate surface area is 88.2 Å². The average Bonchev–Trinajstić information content (AvgIpc) is 2.02. The van der Waals surface area contributed by atoms with Crippen LogP contribution in [-0.4, -0.2) is 14.0 Å². The van der Waals surface area contributed by atoms with Gasteiger partial charge in [0, 0.05) is 0 Å². The van der Waals surface area contributed by atoms with Crippen molar-refractivity contribution >= 4 is 32.7 Å². The monoisotopic (exact) mass is 222 g/mol. The molecule has 0 atom stereocenters. The lowest BCUT2D eigenvalue weighted by Crippen LogP contribution is -1.99.